The van der Waals surface area contributed by atoms with Crippen LogP contribution in [0, 0.1) is 6.92 Å². The van der Waals surface area contributed by atoms with E-state index in [2.05, 4.69) is 0 Å². The van der Waals surface area contributed by atoms with Crippen LogP contribution in [0.25, 0.3) is 5.57 Å². The number of aromatic hydroxyl groups is 2. The summed E-state index contributed by atoms with van der Waals surface area (Å²) >= 11 is 0. The maximum Gasteiger partial charge on any atom is 0.202 e. The quantitative estimate of drug-likeness (QED) is 0.169. The Kier molecular flexibility index (Phi) is 14.6. The number of ether oxygens (including phenoxy) is 10. The Balaban J connectivity index is 0.781. The molecule has 7 aliphatic rings. The van der Waals surface area contributed by atoms with E-state index < -0.39 is 140 Å². The van der Waals surface area contributed by atoms with Crippen molar-refractivity contribution in [2.75, 3.05) is 0 Å². The Bertz CT molecular complexity index is 2230. The van der Waals surface area contributed by atoms with Crippen LogP contribution in [0.2, 0.25) is 0 Å². The van der Waals surface area contributed by atoms with Gasteiger partial charge in [-0.25, -0.2) is 0 Å². The lowest BCUT2D eigenvalue weighted by atomic mass is 9.72. The zero-order chi connectivity index (χ0) is 49.3. The van der Waals surface area contributed by atoms with E-state index in [9.17, 15) is 50.4 Å². The van der Waals surface area contributed by atoms with E-state index in [4.69, 9.17) is 47.4 Å². The Hall–Kier alpha value is -3.68. The number of aliphatic hydroxyl groups excluding tert-OH is 6. The first kappa shape index (κ1) is 50.3. The predicted molar refractivity (Wildman–Crippen MR) is 236 cm³/mol. The van der Waals surface area contributed by atoms with Crippen LogP contribution in [-0.2, 0) is 49.1 Å². The van der Waals surface area contributed by atoms with E-state index in [1.165, 1.54) is 18.2 Å². The molecule has 8 N–H and O–H groups in total. The van der Waals surface area contributed by atoms with Gasteiger partial charge in [0.1, 0.15) is 41.7 Å². The summed E-state index contributed by atoms with van der Waals surface area (Å²) in [5, 5.41) is 86.7. The van der Waals surface area contributed by atoms with Gasteiger partial charge in [-0.3, -0.25) is 9.59 Å². The first-order chi connectivity index (χ1) is 32.8. The number of phenolic OH excluding ortho intramolecular Hbond substituents is 2. The van der Waals surface area contributed by atoms with Crippen LogP contribution in [0.4, 0.5) is 0 Å². The third-order valence-corrected chi connectivity index (χ3v) is 14.4. The van der Waals surface area contributed by atoms with Crippen molar-refractivity contribution in [1.82, 2.24) is 0 Å². The molecule has 2 aromatic rings. The largest absolute Gasteiger partial charge is 0.507 e. The topological polar surface area (TPSA) is 288 Å². The van der Waals surface area contributed by atoms with E-state index >= 15 is 0 Å². The number of phenols is 2. The summed E-state index contributed by atoms with van der Waals surface area (Å²) in [6.45, 7) is 10.3. The Morgan fingerprint density at radius 3 is 1.75 bits per heavy atom. The fraction of sp³-hybridized carbons (Fsp3) is 0.673. The van der Waals surface area contributed by atoms with Crippen molar-refractivity contribution in [2.45, 2.75) is 209 Å². The van der Waals surface area contributed by atoms with E-state index in [1.807, 2.05) is 6.92 Å². The molecule has 5 saturated heterocycles. The van der Waals surface area contributed by atoms with Gasteiger partial charge in [-0.2, -0.15) is 0 Å². The Morgan fingerprint density at radius 1 is 0.536 bits per heavy atom. The Morgan fingerprint density at radius 2 is 1.10 bits per heavy atom. The molecule has 5 fully saturated rings. The van der Waals surface area contributed by atoms with E-state index in [0.717, 1.165) is 0 Å². The van der Waals surface area contributed by atoms with Gasteiger partial charge in [0.15, 0.2) is 36.7 Å². The highest BCUT2D eigenvalue weighted by atomic mass is 16.8. The number of aliphatic hydroxyl groups is 6. The van der Waals surface area contributed by atoms with Gasteiger partial charge in [0.25, 0.3) is 0 Å². The number of carbonyl (C=O) groups excluding carboxylic acids is 2. The van der Waals surface area contributed by atoms with Crippen LogP contribution in [-0.4, -0.2) is 175 Å². The second-order valence-corrected chi connectivity index (χ2v) is 19.5. The molecule has 20 nitrogen and oxygen atoms in total. The highest BCUT2D eigenvalue weighted by molar-refractivity contribution is 6.43. The fourth-order valence-corrected chi connectivity index (χ4v) is 10.8. The van der Waals surface area contributed by atoms with Crippen molar-refractivity contribution >= 4 is 17.1 Å². The van der Waals surface area contributed by atoms with Gasteiger partial charge in [0.2, 0.25) is 6.29 Å². The number of carbonyl (C=O) groups is 2. The second kappa shape index (κ2) is 20.1. The van der Waals surface area contributed by atoms with Crippen molar-refractivity contribution in [3.63, 3.8) is 0 Å². The second-order valence-electron chi connectivity index (χ2n) is 19.5. The minimum Gasteiger partial charge on any atom is -0.507 e. The SMILES string of the molecule is Cc1cc(O)c2c(c1)C[C@@H](O)C1=C2C(=O)c2c(OC3CC(O)C(OC4CC(OC5CCC(OC6CC(O)C(OC7CC(O)C(O)C(C)O7)C(C)O6)C(C)O5)C(O)C(C)O4)C(C)O3)ccc(O)c2C1=O. The van der Waals surface area contributed by atoms with E-state index in [1.54, 1.807) is 40.7 Å². The normalized spacial score (nSPS) is 41.6. The maximum absolute atomic E-state index is 14.3. The molecule has 2 aliphatic carbocycles. The molecule has 0 spiro atoms. The lowest BCUT2D eigenvalue weighted by Crippen LogP contribution is -2.56. The molecule has 69 heavy (non-hydrogen) atoms. The van der Waals surface area contributed by atoms with Crippen molar-refractivity contribution < 1.29 is 97.8 Å². The summed E-state index contributed by atoms with van der Waals surface area (Å²) in [6, 6.07) is 5.71. The molecule has 0 bridgehead atoms. The van der Waals surface area contributed by atoms with Gasteiger partial charge in [-0.1, -0.05) is 6.07 Å². The number of ketones is 2. The van der Waals surface area contributed by atoms with Gasteiger partial charge in [0, 0.05) is 55.2 Å². The molecule has 0 radical (unpaired) electrons. The number of hydrogen-bond donors (Lipinski definition) is 8. The van der Waals surface area contributed by atoms with Crippen LogP contribution in [0.3, 0.4) is 0 Å². The number of benzene rings is 2. The molecule has 0 amide bonds. The number of allylic oxidation sites excluding steroid dienone is 1. The number of fused-ring (bicyclic) bond motifs is 3. The molecular formula is C49H64O20. The third-order valence-electron chi connectivity index (χ3n) is 14.4. The first-order valence-corrected chi connectivity index (χ1v) is 23.9. The molecule has 5 heterocycles. The smallest absolute Gasteiger partial charge is 0.202 e. The number of Topliss-reactive ketones (excluding diaryl/α,β-unsaturated/α-hetero) is 2. The predicted octanol–water partition coefficient (Wildman–Crippen LogP) is 1.94. The standard InChI is InChI=1S/C49H64O20/c1-18-11-24-13-27(52)41-43(39(24)26(51)12-18)47(59)42-32(8-7-25(50)40(42)46(41)58)66-36-16-30(55)49(23(6)64-36)69-38-17-33(45(57)21(4)62-38)67-34-10-9-31(19(2)60-34)65-35-15-29(54)48(22(5)63-35)68-37-14-28(53)44(56)20(3)61-37/h7-8,11-12,19-23,27-31,33-38,44-45,48-57H,9-10,13-17H2,1-6H3/t19?,20?,21?,22?,23?,27-,28?,29?,30?,31?,33?,34?,35?,36?,37?,38?,44?,45?,48?,49?/m1/s1. The fourth-order valence-electron chi connectivity index (χ4n) is 10.8. The number of hydrogen-bond acceptors (Lipinski definition) is 20. The molecule has 5 aliphatic heterocycles. The lowest BCUT2D eigenvalue weighted by Gasteiger charge is -2.45. The zero-order valence-corrected chi connectivity index (χ0v) is 39.3. The van der Waals surface area contributed by atoms with Gasteiger partial charge < -0.3 is 88.2 Å². The first-order valence-electron chi connectivity index (χ1n) is 23.9. The van der Waals surface area contributed by atoms with Crippen LogP contribution in [0.1, 0.15) is 111 Å². The average molecular weight is 973 g/mol. The van der Waals surface area contributed by atoms with Gasteiger partial charge in [0.05, 0.1) is 78.3 Å². The summed E-state index contributed by atoms with van der Waals surface area (Å²) in [4.78, 5) is 28.3. The van der Waals surface area contributed by atoms with Crippen LogP contribution in [0.5, 0.6) is 17.2 Å². The number of rotatable bonds is 10. The minimum atomic E-state index is -1.36. The Labute approximate surface area is 398 Å². The van der Waals surface area contributed by atoms with Crippen molar-refractivity contribution in [1.29, 1.82) is 0 Å². The monoisotopic (exact) mass is 972 g/mol. The lowest BCUT2D eigenvalue weighted by molar-refractivity contribution is -0.336. The third kappa shape index (κ3) is 9.97. The van der Waals surface area contributed by atoms with Gasteiger partial charge >= 0.3 is 0 Å². The van der Waals surface area contributed by atoms with Crippen molar-refractivity contribution in [3.05, 3.63) is 57.7 Å². The zero-order valence-electron chi connectivity index (χ0n) is 39.3. The maximum atomic E-state index is 14.3. The van der Waals surface area contributed by atoms with Gasteiger partial charge in [-0.15, -0.1) is 0 Å². The van der Waals surface area contributed by atoms with E-state index in [-0.39, 0.29) is 71.4 Å². The number of aryl methyl sites for hydroxylation is 1. The highest BCUT2D eigenvalue weighted by Gasteiger charge is 2.48. The average Bonchev–Trinajstić information content (AvgIpc) is 3.27. The molecule has 20 heteroatoms. The van der Waals surface area contributed by atoms with Crippen LogP contribution >= 0.6 is 0 Å². The van der Waals surface area contributed by atoms with Crippen molar-refractivity contribution in [3.8, 4) is 17.2 Å². The minimum absolute atomic E-state index is 0.0167. The highest BCUT2D eigenvalue weighted by Crippen LogP contribution is 2.48. The summed E-state index contributed by atoms with van der Waals surface area (Å²) in [5.41, 5.74) is 0.308. The molecular weight excluding hydrogens is 909 g/mol. The molecule has 19 unspecified atom stereocenters. The van der Waals surface area contributed by atoms with Crippen LogP contribution < -0.4 is 4.74 Å². The molecule has 380 valence electrons. The summed E-state index contributed by atoms with van der Waals surface area (Å²) in [7, 11) is 0. The van der Waals surface area contributed by atoms with Gasteiger partial charge in [-0.05, 0) is 77.3 Å². The molecule has 0 saturated carbocycles. The molecule has 2 aromatic carbocycles. The molecule has 20 atom stereocenters. The summed E-state index contributed by atoms with van der Waals surface area (Å²) < 4.78 is 61.2. The summed E-state index contributed by atoms with van der Waals surface area (Å²) in [5.74, 6) is -2.35. The van der Waals surface area contributed by atoms with Crippen LogP contribution in [0.15, 0.2) is 29.8 Å². The van der Waals surface area contributed by atoms with Crippen molar-refractivity contribution in [2.24, 2.45) is 0 Å². The molecule has 9 rings (SSSR count). The summed E-state index contributed by atoms with van der Waals surface area (Å²) in [6.07, 6.45) is -16.0. The molecule has 0 aromatic heterocycles. The van der Waals surface area contributed by atoms with E-state index in [0.29, 0.717) is 24.0 Å².